The Morgan fingerprint density at radius 2 is 1.77 bits per heavy atom. The number of fused-ring (bicyclic) bond motifs is 1. The lowest BCUT2D eigenvalue weighted by Gasteiger charge is -2.42. The summed E-state index contributed by atoms with van der Waals surface area (Å²) in [6, 6.07) is 5.66. The molecule has 0 amide bonds. The number of aliphatic hydroxyl groups is 1. The smallest absolute Gasteiger partial charge is 0.338 e. The average Bonchev–Trinajstić information content (AvgIpc) is 2.82. The molecule has 1 aromatic carbocycles. The van der Waals surface area contributed by atoms with Crippen LogP contribution in [0.3, 0.4) is 0 Å². The number of hydrogen-bond donors (Lipinski definition) is 2. The lowest BCUT2D eigenvalue weighted by atomic mass is 9.67. The molecule has 0 saturated heterocycles. The molecule has 7 heteroatoms. The highest BCUT2D eigenvalue weighted by atomic mass is 16.6. The first-order valence-corrected chi connectivity index (χ1v) is 10.5. The van der Waals surface area contributed by atoms with Crippen molar-refractivity contribution in [2.75, 3.05) is 0 Å². The van der Waals surface area contributed by atoms with Crippen LogP contribution in [-0.4, -0.2) is 45.7 Å². The van der Waals surface area contributed by atoms with Gasteiger partial charge in [0.1, 0.15) is 18.0 Å². The number of hydrogen-bond acceptors (Lipinski definition) is 7. The van der Waals surface area contributed by atoms with E-state index in [4.69, 9.17) is 9.47 Å². The van der Waals surface area contributed by atoms with Crippen LogP contribution in [-0.2, 0) is 19.1 Å². The van der Waals surface area contributed by atoms with Crippen molar-refractivity contribution in [2.24, 2.45) is 17.3 Å². The van der Waals surface area contributed by atoms with E-state index in [2.05, 4.69) is 0 Å². The van der Waals surface area contributed by atoms with E-state index in [1.165, 1.54) is 31.2 Å². The topological polar surface area (TPSA) is 110 Å². The fourth-order valence-corrected chi connectivity index (χ4v) is 5.10. The molecule has 3 rings (SSSR count). The Balaban J connectivity index is 2.07. The van der Waals surface area contributed by atoms with Gasteiger partial charge in [0.05, 0.1) is 11.2 Å². The van der Waals surface area contributed by atoms with Gasteiger partial charge in [-0.15, -0.1) is 0 Å². The van der Waals surface area contributed by atoms with Crippen LogP contribution in [0.15, 0.2) is 35.9 Å². The molecule has 0 aromatic heterocycles. The molecule has 0 heterocycles. The Morgan fingerprint density at radius 1 is 1.16 bits per heavy atom. The van der Waals surface area contributed by atoms with E-state index in [1.54, 1.807) is 13.0 Å². The summed E-state index contributed by atoms with van der Waals surface area (Å²) in [5, 5.41) is 21.2. The van der Waals surface area contributed by atoms with Crippen LogP contribution in [0.25, 0.3) is 0 Å². The second-order valence-corrected chi connectivity index (χ2v) is 9.30. The second-order valence-electron chi connectivity index (χ2n) is 9.30. The van der Waals surface area contributed by atoms with Gasteiger partial charge in [-0.3, -0.25) is 9.59 Å². The van der Waals surface area contributed by atoms with Crippen LogP contribution in [0.5, 0.6) is 5.75 Å². The number of benzene rings is 1. The van der Waals surface area contributed by atoms with E-state index in [-0.39, 0.29) is 35.9 Å². The number of rotatable bonds is 4. The first kappa shape index (κ1) is 23.0. The minimum absolute atomic E-state index is 0.0223. The number of esters is 2. The van der Waals surface area contributed by atoms with E-state index < -0.39 is 41.1 Å². The molecule has 2 aliphatic carbocycles. The van der Waals surface area contributed by atoms with Gasteiger partial charge in [0.2, 0.25) is 0 Å². The Hall–Kier alpha value is -2.67. The quantitative estimate of drug-likeness (QED) is 0.706. The molecule has 1 saturated carbocycles. The van der Waals surface area contributed by atoms with Gasteiger partial charge >= 0.3 is 11.9 Å². The molecule has 0 bridgehead atoms. The summed E-state index contributed by atoms with van der Waals surface area (Å²) < 4.78 is 11.4. The van der Waals surface area contributed by atoms with Gasteiger partial charge in [-0.1, -0.05) is 20.8 Å². The number of phenols is 1. The summed E-state index contributed by atoms with van der Waals surface area (Å²) in [6.45, 7) is 8.49. The number of aromatic hydroxyl groups is 1. The molecule has 2 aliphatic rings. The fourth-order valence-electron chi connectivity index (χ4n) is 5.10. The highest BCUT2D eigenvalue weighted by molar-refractivity contribution is 5.96. The van der Waals surface area contributed by atoms with Crippen molar-refractivity contribution in [3.8, 4) is 5.75 Å². The summed E-state index contributed by atoms with van der Waals surface area (Å²) in [7, 11) is 0. The summed E-state index contributed by atoms with van der Waals surface area (Å²) in [5.74, 6) is -2.14. The van der Waals surface area contributed by atoms with E-state index in [9.17, 15) is 24.6 Å². The van der Waals surface area contributed by atoms with Crippen LogP contribution in [0, 0.1) is 17.3 Å². The monoisotopic (exact) mass is 430 g/mol. The maximum Gasteiger partial charge on any atom is 0.338 e. The van der Waals surface area contributed by atoms with Crippen LogP contribution < -0.4 is 0 Å². The average molecular weight is 430 g/mol. The molecular formula is C24H30O7. The zero-order valence-corrected chi connectivity index (χ0v) is 18.5. The molecule has 168 valence electrons. The zero-order valence-electron chi connectivity index (χ0n) is 18.5. The number of ketones is 1. The summed E-state index contributed by atoms with van der Waals surface area (Å²) in [6.07, 6.45) is 0.227. The number of allylic oxidation sites excluding steroid dienone is 1. The first-order valence-electron chi connectivity index (χ1n) is 10.5. The standard InChI is InChI=1S/C24H30O7/c1-13(2)24(29)12-20(30-15(4)25)23(5)11-18(27)14(3)10-19(21(23)24)31-22(28)16-6-8-17(26)9-7-16/h6-10,13,19-21,26,29H,11-12H2,1-5H3/t19-,20+,21-,23-,24+/m1/s1. The van der Waals surface area contributed by atoms with Gasteiger partial charge in [0, 0.05) is 31.1 Å². The van der Waals surface area contributed by atoms with Gasteiger partial charge in [-0.2, -0.15) is 0 Å². The molecule has 5 atom stereocenters. The molecule has 0 aliphatic heterocycles. The third-order valence-electron chi connectivity index (χ3n) is 6.88. The first-order chi connectivity index (χ1) is 14.4. The highest BCUT2D eigenvalue weighted by Crippen LogP contribution is 2.58. The van der Waals surface area contributed by atoms with Gasteiger partial charge in [0.15, 0.2) is 5.78 Å². The zero-order chi connectivity index (χ0) is 23.1. The summed E-state index contributed by atoms with van der Waals surface area (Å²) in [4.78, 5) is 37.5. The molecule has 0 radical (unpaired) electrons. The Labute approximate surface area is 182 Å². The second kappa shape index (κ2) is 8.11. The Kier molecular flexibility index (Phi) is 6.02. The molecule has 31 heavy (non-hydrogen) atoms. The Morgan fingerprint density at radius 3 is 2.32 bits per heavy atom. The number of phenolic OH excluding ortho intramolecular Hbond substituents is 1. The van der Waals surface area contributed by atoms with Crippen molar-refractivity contribution in [2.45, 2.75) is 65.3 Å². The normalized spacial score (nSPS) is 32.8. The largest absolute Gasteiger partial charge is 0.508 e. The minimum Gasteiger partial charge on any atom is -0.508 e. The van der Waals surface area contributed by atoms with Crippen molar-refractivity contribution in [1.29, 1.82) is 0 Å². The predicted molar refractivity (Wildman–Crippen MR) is 112 cm³/mol. The molecule has 1 aromatic rings. The maximum absolute atomic E-state index is 12.9. The van der Waals surface area contributed by atoms with Crippen LogP contribution in [0.1, 0.15) is 57.8 Å². The molecule has 2 N–H and O–H groups in total. The maximum atomic E-state index is 12.9. The van der Waals surface area contributed by atoms with E-state index >= 15 is 0 Å². The third-order valence-corrected chi connectivity index (χ3v) is 6.88. The van der Waals surface area contributed by atoms with Gasteiger partial charge < -0.3 is 19.7 Å². The van der Waals surface area contributed by atoms with Crippen molar-refractivity contribution < 1.29 is 34.1 Å². The lowest BCUT2D eigenvalue weighted by molar-refractivity contribution is -0.154. The van der Waals surface area contributed by atoms with Gasteiger partial charge in [-0.05, 0) is 48.8 Å². The van der Waals surface area contributed by atoms with Crippen molar-refractivity contribution >= 4 is 17.7 Å². The van der Waals surface area contributed by atoms with E-state index in [0.29, 0.717) is 5.57 Å². The van der Waals surface area contributed by atoms with Crippen LogP contribution >= 0.6 is 0 Å². The summed E-state index contributed by atoms with van der Waals surface area (Å²) >= 11 is 0. The van der Waals surface area contributed by atoms with E-state index in [1.807, 2.05) is 20.8 Å². The lowest BCUT2D eigenvalue weighted by Crippen LogP contribution is -2.50. The predicted octanol–water partition coefficient (Wildman–Crippen LogP) is 3.18. The van der Waals surface area contributed by atoms with Crippen LogP contribution in [0.4, 0.5) is 0 Å². The molecule has 0 spiro atoms. The number of carbonyl (C=O) groups is 3. The van der Waals surface area contributed by atoms with Crippen molar-refractivity contribution in [3.63, 3.8) is 0 Å². The number of carbonyl (C=O) groups excluding carboxylic acids is 3. The molecule has 1 fully saturated rings. The molecule has 7 nitrogen and oxygen atoms in total. The van der Waals surface area contributed by atoms with Gasteiger partial charge in [0.25, 0.3) is 0 Å². The van der Waals surface area contributed by atoms with E-state index in [0.717, 1.165) is 0 Å². The fraction of sp³-hybridized carbons (Fsp3) is 0.542. The van der Waals surface area contributed by atoms with Crippen LogP contribution in [0.2, 0.25) is 0 Å². The summed E-state index contributed by atoms with van der Waals surface area (Å²) in [5.41, 5.74) is -1.57. The van der Waals surface area contributed by atoms with Gasteiger partial charge in [-0.25, -0.2) is 4.79 Å². The number of Topliss-reactive ketones (excluding diaryl/α,β-unsaturated/α-hetero) is 1. The highest BCUT2D eigenvalue weighted by Gasteiger charge is 2.66. The van der Waals surface area contributed by atoms with Crippen molar-refractivity contribution in [1.82, 2.24) is 0 Å². The SMILES string of the molecule is CC(=O)O[C@H]1C[C@](O)(C(C)C)[C@@H]2[C@H](OC(=O)c3ccc(O)cc3)C=C(C)C(=O)C[C@]12C. The minimum atomic E-state index is -1.32. The third kappa shape index (κ3) is 4.11. The van der Waals surface area contributed by atoms with Crippen molar-refractivity contribution in [3.05, 3.63) is 41.5 Å². The molecular weight excluding hydrogens is 400 g/mol. The molecule has 0 unspecified atom stereocenters. The number of ether oxygens (including phenoxy) is 2. The Bertz CT molecular complexity index is 916.